The summed E-state index contributed by atoms with van der Waals surface area (Å²) in [5.74, 6) is 0.766. The van der Waals surface area contributed by atoms with Gasteiger partial charge in [0.25, 0.3) is 0 Å². The molecule has 0 N–H and O–H groups in total. The van der Waals surface area contributed by atoms with E-state index < -0.39 is 0 Å². The van der Waals surface area contributed by atoms with Gasteiger partial charge in [-0.1, -0.05) is 65.7 Å². The van der Waals surface area contributed by atoms with Gasteiger partial charge in [0.1, 0.15) is 12.4 Å². The lowest BCUT2D eigenvalue weighted by atomic mass is 10.1. The Labute approximate surface area is 201 Å². The molecule has 28 heavy (non-hydrogen) atoms. The number of rotatable bonds is 6. The zero-order valence-corrected chi connectivity index (χ0v) is 20.3. The van der Waals surface area contributed by atoms with Gasteiger partial charge in [-0.15, -0.1) is 0 Å². The van der Waals surface area contributed by atoms with Crippen molar-refractivity contribution in [2.24, 2.45) is 0 Å². The molecule has 0 amide bonds. The van der Waals surface area contributed by atoms with Crippen molar-refractivity contribution in [1.82, 2.24) is 0 Å². The molecule has 3 rings (SSSR count). The standard InChI is InChI=1S/C22H14Cl2I2O2/c23-17-8-7-16(18(24)12-17)13-28-22-19(25)10-14(11-20(22)26)6-9-21(27)15-4-2-1-3-5-15/h1-12H,13H2/b9-6+. The molecule has 0 aliphatic heterocycles. The minimum atomic E-state index is -0.0247. The summed E-state index contributed by atoms with van der Waals surface area (Å²) in [7, 11) is 0. The first-order valence-electron chi connectivity index (χ1n) is 8.27. The van der Waals surface area contributed by atoms with Crippen LogP contribution in [0.25, 0.3) is 6.08 Å². The maximum atomic E-state index is 12.2. The third-order valence-electron chi connectivity index (χ3n) is 3.89. The van der Waals surface area contributed by atoms with Crippen molar-refractivity contribution in [3.63, 3.8) is 0 Å². The van der Waals surface area contributed by atoms with Crippen LogP contribution in [0, 0.1) is 7.14 Å². The highest BCUT2D eigenvalue weighted by Crippen LogP contribution is 2.31. The molecule has 0 aromatic heterocycles. The fourth-order valence-electron chi connectivity index (χ4n) is 2.47. The van der Waals surface area contributed by atoms with Gasteiger partial charge >= 0.3 is 0 Å². The van der Waals surface area contributed by atoms with Crippen molar-refractivity contribution in [3.05, 3.63) is 101 Å². The molecule has 2 nitrogen and oxygen atoms in total. The summed E-state index contributed by atoms with van der Waals surface area (Å²) in [6.45, 7) is 0.351. The van der Waals surface area contributed by atoms with E-state index in [9.17, 15) is 4.79 Å². The number of allylic oxidation sites excluding steroid dienone is 1. The van der Waals surface area contributed by atoms with E-state index in [2.05, 4.69) is 45.2 Å². The molecular weight excluding hydrogens is 621 g/mol. The molecule has 0 saturated carbocycles. The minimum Gasteiger partial charge on any atom is -0.487 e. The number of ketones is 1. The molecule has 0 unspecified atom stereocenters. The predicted octanol–water partition coefficient (Wildman–Crippen LogP) is 7.68. The Morgan fingerprint density at radius 2 is 1.64 bits per heavy atom. The van der Waals surface area contributed by atoms with Crippen LogP contribution in [0.1, 0.15) is 21.5 Å². The SMILES string of the molecule is O=C(/C=C/c1cc(I)c(OCc2ccc(Cl)cc2Cl)c(I)c1)c1ccccc1. The maximum absolute atomic E-state index is 12.2. The fourth-order valence-corrected chi connectivity index (χ4v) is 5.06. The molecule has 0 aliphatic carbocycles. The summed E-state index contributed by atoms with van der Waals surface area (Å²) in [6, 6.07) is 18.5. The molecule has 3 aromatic carbocycles. The average Bonchev–Trinajstić information content (AvgIpc) is 2.67. The van der Waals surface area contributed by atoms with E-state index in [0.717, 1.165) is 24.0 Å². The highest BCUT2D eigenvalue weighted by atomic mass is 127. The number of carbonyl (C=O) groups excluding carboxylic acids is 1. The van der Waals surface area contributed by atoms with E-state index in [1.54, 1.807) is 30.3 Å². The van der Waals surface area contributed by atoms with E-state index >= 15 is 0 Å². The monoisotopic (exact) mass is 634 g/mol. The smallest absolute Gasteiger partial charge is 0.185 e. The van der Waals surface area contributed by atoms with Gasteiger partial charge in [-0.2, -0.15) is 0 Å². The van der Waals surface area contributed by atoms with Gasteiger partial charge in [-0.05, 0) is 81.1 Å². The Kier molecular flexibility index (Phi) is 7.79. The first kappa shape index (κ1) is 21.6. The summed E-state index contributed by atoms with van der Waals surface area (Å²) in [4.78, 5) is 12.2. The van der Waals surface area contributed by atoms with Crippen molar-refractivity contribution >= 4 is 80.2 Å². The molecule has 0 saturated heterocycles. The molecule has 0 fully saturated rings. The quantitative estimate of drug-likeness (QED) is 0.158. The van der Waals surface area contributed by atoms with Gasteiger partial charge in [0.15, 0.2) is 5.78 Å². The van der Waals surface area contributed by atoms with Crippen LogP contribution in [-0.2, 0) is 6.61 Å². The minimum absolute atomic E-state index is 0.0247. The molecule has 3 aromatic rings. The summed E-state index contributed by atoms with van der Waals surface area (Å²) >= 11 is 16.6. The lowest BCUT2D eigenvalue weighted by Crippen LogP contribution is -2.00. The van der Waals surface area contributed by atoms with Crippen LogP contribution in [0.3, 0.4) is 0 Å². The fraction of sp³-hybridized carbons (Fsp3) is 0.0455. The van der Waals surface area contributed by atoms with Crippen molar-refractivity contribution in [1.29, 1.82) is 0 Å². The molecule has 142 valence electrons. The number of halogens is 4. The molecule has 0 atom stereocenters. The van der Waals surface area contributed by atoms with Gasteiger partial charge in [0.05, 0.1) is 7.14 Å². The second-order valence-electron chi connectivity index (χ2n) is 5.90. The highest BCUT2D eigenvalue weighted by Gasteiger charge is 2.10. The Bertz CT molecular complexity index is 1010. The molecule has 6 heteroatoms. The summed E-state index contributed by atoms with van der Waals surface area (Å²) in [5, 5.41) is 1.18. The molecule has 0 spiro atoms. The van der Waals surface area contributed by atoms with Crippen molar-refractivity contribution in [3.8, 4) is 5.75 Å². The van der Waals surface area contributed by atoms with Crippen LogP contribution in [0.5, 0.6) is 5.75 Å². The number of hydrogen-bond acceptors (Lipinski definition) is 2. The Morgan fingerprint density at radius 3 is 2.29 bits per heavy atom. The molecule has 0 bridgehead atoms. The molecule has 0 heterocycles. The lowest BCUT2D eigenvalue weighted by molar-refractivity contribution is 0.104. The number of carbonyl (C=O) groups is 1. The van der Waals surface area contributed by atoms with Crippen LogP contribution >= 0.6 is 68.4 Å². The third-order valence-corrected chi connectivity index (χ3v) is 6.08. The molecule has 0 aliphatic rings. The third kappa shape index (κ3) is 5.72. The largest absolute Gasteiger partial charge is 0.487 e. The van der Waals surface area contributed by atoms with Crippen molar-refractivity contribution < 1.29 is 9.53 Å². The van der Waals surface area contributed by atoms with Crippen molar-refractivity contribution in [2.45, 2.75) is 6.61 Å². The van der Waals surface area contributed by atoms with Gasteiger partial charge in [0, 0.05) is 21.2 Å². The van der Waals surface area contributed by atoms with Gasteiger partial charge in [0.2, 0.25) is 0 Å². The van der Waals surface area contributed by atoms with E-state index in [1.807, 2.05) is 42.5 Å². The highest BCUT2D eigenvalue weighted by molar-refractivity contribution is 14.1. The van der Waals surface area contributed by atoms with E-state index in [-0.39, 0.29) is 5.78 Å². The Hall–Kier alpha value is -1.09. The van der Waals surface area contributed by atoms with Gasteiger partial charge < -0.3 is 4.74 Å². The van der Waals surface area contributed by atoms with E-state index in [1.165, 1.54) is 0 Å². The number of benzene rings is 3. The normalized spacial score (nSPS) is 11.0. The van der Waals surface area contributed by atoms with Crippen LogP contribution in [-0.4, -0.2) is 5.78 Å². The van der Waals surface area contributed by atoms with E-state index in [4.69, 9.17) is 27.9 Å². The Morgan fingerprint density at radius 1 is 0.964 bits per heavy atom. The zero-order valence-electron chi connectivity index (χ0n) is 14.5. The first-order chi connectivity index (χ1) is 13.4. The second kappa shape index (κ2) is 10.1. The number of hydrogen-bond donors (Lipinski definition) is 0. The molecule has 0 radical (unpaired) electrons. The summed E-state index contributed by atoms with van der Waals surface area (Å²) in [5.41, 5.74) is 2.48. The topological polar surface area (TPSA) is 26.3 Å². The first-order valence-corrected chi connectivity index (χ1v) is 11.2. The summed E-state index contributed by atoms with van der Waals surface area (Å²) in [6.07, 6.45) is 3.41. The van der Waals surface area contributed by atoms with Crippen LogP contribution in [0.2, 0.25) is 10.0 Å². The van der Waals surface area contributed by atoms with Gasteiger partial charge in [-0.25, -0.2) is 0 Å². The van der Waals surface area contributed by atoms with Crippen LogP contribution in [0.4, 0.5) is 0 Å². The van der Waals surface area contributed by atoms with Gasteiger partial charge in [-0.3, -0.25) is 4.79 Å². The number of ether oxygens (including phenoxy) is 1. The lowest BCUT2D eigenvalue weighted by Gasteiger charge is -2.12. The molecular formula is C22H14Cl2I2O2. The second-order valence-corrected chi connectivity index (χ2v) is 9.07. The van der Waals surface area contributed by atoms with Crippen LogP contribution < -0.4 is 4.74 Å². The van der Waals surface area contributed by atoms with E-state index in [0.29, 0.717) is 22.2 Å². The Balaban J connectivity index is 1.73. The van der Waals surface area contributed by atoms with Crippen LogP contribution in [0.15, 0.2) is 66.7 Å². The average molecular weight is 635 g/mol. The zero-order chi connectivity index (χ0) is 20.1. The summed E-state index contributed by atoms with van der Waals surface area (Å²) < 4.78 is 7.91. The maximum Gasteiger partial charge on any atom is 0.185 e. The predicted molar refractivity (Wildman–Crippen MR) is 132 cm³/mol. The van der Waals surface area contributed by atoms with Crippen molar-refractivity contribution in [2.75, 3.05) is 0 Å².